The van der Waals surface area contributed by atoms with Crippen LogP contribution in [0, 0.1) is 0 Å². The number of esters is 2. The smallest absolute Gasteiger partial charge is 0.462 e. The van der Waals surface area contributed by atoms with Gasteiger partial charge in [-0.15, -0.1) is 0 Å². The van der Waals surface area contributed by atoms with E-state index >= 15 is 0 Å². The fraction of sp³-hybridized carbons (Fsp3) is 0.733. The Hall–Kier alpha value is -2.29. The minimum absolute atomic E-state index is 0.0438. The van der Waals surface area contributed by atoms with Crippen molar-refractivity contribution in [2.75, 3.05) is 26.4 Å². The van der Waals surface area contributed by atoms with E-state index in [1.807, 2.05) is 6.08 Å². The topological polar surface area (TPSA) is 134 Å². The molecule has 0 saturated carbocycles. The van der Waals surface area contributed by atoms with Crippen LogP contribution >= 0.6 is 7.82 Å². The normalized spacial score (nSPS) is 13.9. The second kappa shape index (κ2) is 41.3. The molecule has 0 saturated heterocycles. The molecular formula is C45H80NO8P. The second-order valence-electron chi connectivity index (χ2n) is 14.2. The van der Waals surface area contributed by atoms with Crippen molar-refractivity contribution in [1.82, 2.24) is 0 Å². The van der Waals surface area contributed by atoms with Crippen LogP contribution in [-0.4, -0.2) is 49.3 Å². The van der Waals surface area contributed by atoms with Crippen molar-refractivity contribution in [3.8, 4) is 0 Å². The van der Waals surface area contributed by atoms with Crippen molar-refractivity contribution < 1.29 is 37.6 Å². The molecule has 0 heterocycles. The molecule has 0 aliphatic carbocycles. The Bertz CT molecular complexity index is 1090. The molecule has 0 aromatic heterocycles. The number of ether oxygens (including phenoxy) is 2. The number of unbranched alkanes of at least 4 members (excludes halogenated alkanes) is 17. The lowest BCUT2D eigenvalue weighted by Gasteiger charge is -2.19. The van der Waals surface area contributed by atoms with Gasteiger partial charge in [-0.05, 0) is 77.0 Å². The number of hydrogen-bond donors (Lipinski definition) is 2. The zero-order chi connectivity index (χ0) is 40.3. The summed E-state index contributed by atoms with van der Waals surface area (Å²) in [4.78, 5) is 34.8. The predicted octanol–water partition coefficient (Wildman–Crippen LogP) is 12.5. The Balaban J connectivity index is 4.25. The molecule has 55 heavy (non-hydrogen) atoms. The maximum absolute atomic E-state index is 12.6. The summed E-state index contributed by atoms with van der Waals surface area (Å²) >= 11 is 0. The van der Waals surface area contributed by atoms with Gasteiger partial charge in [0.05, 0.1) is 13.2 Å². The molecule has 3 N–H and O–H groups in total. The van der Waals surface area contributed by atoms with Gasteiger partial charge >= 0.3 is 19.8 Å². The number of phosphoric ester groups is 1. The SMILES string of the molecule is CCCCC/C=C/C/C=C/C/C=C/C/C=C/CCCC(=O)OC[C@H](COP(=O)(O)OCCN)OC(=O)CCCCCCCCCCC/C=C/CCCCCC. The molecule has 0 radical (unpaired) electrons. The van der Waals surface area contributed by atoms with E-state index in [0.717, 1.165) is 44.9 Å². The van der Waals surface area contributed by atoms with Gasteiger partial charge in [-0.1, -0.05) is 152 Å². The standard InChI is InChI=1S/C45H80NO8P/c1-3-5-7-9-11-13-15-17-19-21-23-25-27-29-31-33-35-37-44(47)51-41-43(42-53-55(49,50)52-40-39-46)54-45(48)38-36-34-32-30-28-26-24-22-20-18-16-14-12-10-8-6-4-2/h11,13-14,16-17,19,23,25,29,31,43H,3-10,12,15,18,20-22,24,26-28,30,32-42,46H2,1-2H3,(H,49,50)/b13-11+,16-14+,19-17+,25-23+,31-29+/t43-/m1/s1. The molecule has 0 amide bonds. The van der Waals surface area contributed by atoms with Gasteiger partial charge in [0.25, 0.3) is 0 Å². The molecule has 0 aromatic rings. The van der Waals surface area contributed by atoms with Gasteiger partial charge < -0.3 is 20.1 Å². The highest BCUT2D eigenvalue weighted by Crippen LogP contribution is 2.43. The number of rotatable bonds is 40. The molecular weight excluding hydrogens is 713 g/mol. The first-order chi connectivity index (χ1) is 26.8. The van der Waals surface area contributed by atoms with Crippen molar-refractivity contribution in [3.05, 3.63) is 60.8 Å². The summed E-state index contributed by atoms with van der Waals surface area (Å²) in [5.41, 5.74) is 5.34. The van der Waals surface area contributed by atoms with Crippen LogP contribution in [0.15, 0.2) is 60.8 Å². The first-order valence-electron chi connectivity index (χ1n) is 21.8. The van der Waals surface area contributed by atoms with Gasteiger partial charge in [0.15, 0.2) is 6.10 Å². The van der Waals surface area contributed by atoms with Gasteiger partial charge in [-0.2, -0.15) is 0 Å². The number of phosphoric acid groups is 1. The summed E-state index contributed by atoms with van der Waals surface area (Å²) in [5.74, 6) is -0.899. The third-order valence-corrected chi connectivity index (χ3v) is 9.86. The van der Waals surface area contributed by atoms with Crippen molar-refractivity contribution in [3.63, 3.8) is 0 Å². The third kappa shape index (κ3) is 41.2. The van der Waals surface area contributed by atoms with Gasteiger partial charge in [0, 0.05) is 19.4 Å². The zero-order valence-electron chi connectivity index (χ0n) is 34.9. The van der Waals surface area contributed by atoms with Crippen LogP contribution in [0.2, 0.25) is 0 Å². The number of allylic oxidation sites excluding steroid dienone is 10. The Morgan fingerprint density at radius 1 is 0.545 bits per heavy atom. The van der Waals surface area contributed by atoms with Crippen molar-refractivity contribution >= 4 is 19.8 Å². The van der Waals surface area contributed by atoms with Crippen LogP contribution in [0.1, 0.15) is 181 Å². The van der Waals surface area contributed by atoms with Gasteiger partial charge in [-0.25, -0.2) is 4.57 Å². The molecule has 0 rings (SSSR count). The first-order valence-corrected chi connectivity index (χ1v) is 23.3. The van der Waals surface area contributed by atoms with E-state index in [-0.39, 0.29) is 32.6 Å². The van der Waals surface area contributed by atoms with Crippen LogP contribution in [0.4, 0.5) is 0 Å². The lowest BCUT2D eigenvalue weighted by Crippen LogP contribution is -2.29. The lowest BCUT2D eigenvalue weighted by atomic mass is 10.1. The molecule has 0 fully saturated rings. The number of hydrogen-bond acceptors (Lipinski definition) is 8. The summed E-state index contributed by atoms with van der Waals surface area (Å²) in [6.45, 7) is 3.62. The van der Waals surface area contributed by atoms with Crippen molar-refractivity contribution in [1.29, 1.82) is 0 Å². The Kier molecular flexibility index (Phi) is 39.6. The molecule has 2 atom stereocenters. The van der Waals surface area contributed by atoms with Crippen LogP contribution < -0.4 is 5.73 Å². The van der Waals surface area contributed by atoms with E-state index < -0.39 is 32.5 Å². The number of carbonyl (C=O) groups excluding carboxylic acids is 2. The molecule has 0 spiro atoms. The minimum atomic E-state index is -4.39. The van der Waals surface area contributed by atoms with Crippen molar-refractivity contribution in [2.45, 2.75) is 187 Å². The fourth-order valence-corrected chi connectivity index (χ4v) is 6.39. The Morgan fingerprint density at radius 3 is 1.51 bits per heavy atom. The lowest BCUT2D eigenvalue weighted by molar-refractivity contribution is -0.161. The predicted molar refractivity (Wildman–Crippen MR) is 229 cm³/mol. The highest BCUT2D eigenvalue weighted by atomic mass is 31.2. The highest BCUT2D eigenvalue weighted by molar-refractivity contribution is 7.47. The molecule has 0 aliphatic heterocycles. The highest BCUT2D eigenvalue weighted by Gasteiger charge is 2.25. The third-order valence-electron chi connectivity index (χ3n) is 8.88. The van der Waals surface area contributed by atoms with Crippen LogP contribution in [-0.2, 0) is 32.7 Å². The summed E-state index contributed by atoms with van der Waals surface area (Å²) in [6.07, 6.45) is 48.2. The Labute approximate surface area is 336 Å². The molecule has 318 valence electrons. The van der Waals surface area contributed by atoms with E-state index in [1.165, 1.54) is 96.3 Å². The van der Waals surface area contributed by atoms with E-state index in [2.05, 4.69) is 68.5 Å². The average molecular weight is 794 g/mol. The summed E-state index contributed by atoms with van der Waals surface area (Å²) in [7, 11) is -4.39. The molecule has 0 aromatic carbocycles. The maximum atomic E-state index is 12.6. The zero-order valence-corrected chi connectivity index (χ0v) is 35.8. The summed E-state index contributed by atoms with van der Waals surface area (Å²) < 4.78 is 32.7. The van der Waals surface area contributed by atoms with E-state index in [1.54, 1.807) is 0 Å². The molecule has 9 nitrogen and oxygen atoms in total. The molecule has 0 aliphatic rings. The molecule has 1 unspecified atom stereocenters. The quantitative estimate of drug-likeness (QED) is 0.0269. The van der Waals surface area contributed by atoms with Gasteiger partial charge in [-0.3, -0.25) is 18.6 Å². The van der Waals surface area contributed by atoms with Crippen LogP contribution in [0.25, 0.3) is 0 Å². The second-order valence-corrected chi connectivity index (χ2v) is 15.7. The van der Waals surface area contributed by atoms with E-state index in [4.69, 9.17) is 24.3 Å². The minimum Gasteiger partial charge on any atom is -0.462 e. The van der Waals surface area contributed by atoms with Crippen LogP contribution in [0.3, 0.4) is 0 Å². The van der Waals surface area contributed by atoms with Crippen molar-refractivity contribution in [2.24, 2.45) is 5.73 Å². The monoisotopic (exact) mass is 794 g/mol. The van der Waals surface area contributed by atoms with Gasteiger partial charge in [0.1, 0.15) is 6.61 Å². The molecule has 0 bridgehead atoms. The fourth-order valence-electron chi connectivity index (χ4n) is 5.62. The molecule has 10 heteroatoms. The summed E-state index contributed by atoms with van der Waals surface area (Å²) in [5, 5.41) is 0. The maximum Gasteiger partial charge on any atom is 0.472 e. The first kappa shape index (κ1) is 52.7. The largest absolute Gasteiger partial charge is 0.472 e. The summed E-state index contributed by atoms with van der Waals surface area (Å²) in [6, 6.07) is 0. The van der Waals surface area contributed by atoms with Crippen LogP contribution in [0.5, 0.6) is 0 Å². The van der Waals surface area contributed by atoms with E-state index in [9.17, 15) is 19.0 Å². The Morgan fingerprint density at radius 2 is 0.964 bits per heavy atom. The van der Waals surface area contributed by atoms with E-state index in [0.29, 0.717) is 12.8 Å². The average Bonchev–Trinajstić information content (AvgIpc) is 3.17. The number of nitrogens with two attached hydrogens (primary N) is 1. The van der Waals surface area contributed by atoms with Gasteiger partial charge in [0.2, 0.25) is 0 Å². The number of carbonyl (C=O) groups is 2.